The Morgan fingerprint density at radius 1 is 1.16 bits per heavy atom. The number of nitrogens with one attached hydrogen (secondary N) is 1. The fourth-order valence-corrected chi connectivity index (χ4v) is 2.81. The standard InChI is InChI=1S/C19H25NO5/c1-14(19(23)20-16-6-4-2-3-5-7-16)25-18(22)13-24-17-10-8-15(12-21)9-11-17/h8-12,14,16H,2-7,13H2,1H3,(H,20,23)/t14-/m1/s1. The maximum Gasteiger partial charge on any atom is 0.344 e. The fourth-order valence-electron chi connectivity index (χ4n) is 2.81. The predicted molar refractivity (Wildman–Crippen MR) is 92.5 cm³/mol. The molecule has 1 saturated carbocycles. The van der Waals surface area contributed by atoms with Gasteiger partial charge >= 0.3 is 5.97 Å². The van der Waals surface area contributed by atoms with Crippen LogP contribution in [-0.4, -0.2) is 36.9 Å². The van der Waals surface area contributed by atoms with E-state index in [4.69, 9.17) is 9.47 Å². The number of hydrogen-bond acceptors (Lipinski definition) is 5. The van der Waals surface area contributed by atoms with E-state index in [9.17, 15) is 14.4 Å². The summed E-state index contributed by atoms with van der Waals surface area (Å²) in [5.74, 6) is -0.420. The topological polar surface area (TPSA) is 81.7 Å². The molecule has 2 rings (SSSR count). The van der Waals surface area contributed by atoms with Gasteiger partial charge in [0.2, 0.25) is 0 Å². The lowest BCUT2D eigenvalue weighted by atomic mass is 10.1. The zero-order valence-corrected chi connectivity index (χ0v) is 14.5. The highest BCUT2D eigenvalue weighted by molar-refractivity contribution is 5.83. The minimum absolute atomic E-state index is 0.170. The van der Waals surface area contributed by atoms with Crippen LogP contribution >= 0.6 is 0 Å². The lowest BCUT2D eigenvalue weighted by molar-refractivity contribution is -0.156. The van der Waals surface area contributed by atoms with Crippen molar-refractivity contribution in [2.75, 3.05) is 6.61 Å². The molecule has 0 heterocycles. The summed E-state index contributed by atoms with van der Waals surface area (Å²) in [6, 6.07) is 6.55. The lowest BCUT2D eigenvalue weighted by Gasteiger charge is -2.19. The first kappa shape index (κ1) is 19.0. The van der Waals surface area contributed by atoms with Gasteiger partial charge in [-0.1, -0.05) is 25.7 Å². The monoisotopic (exact) mass is 347 g/mol. The maximum absolute atomic E-state index is 12.1. The molecule has 0 spiro atoms. The van der Waals surface area contributed by atoms with E-state index in [1.165, 1.54) is 12.8 Å². The minimum atomic E-state index is -0.850. The summed E-state index contributed by atoms with van der Waals surface area (Å²) in [6.45, 7) is 1.27. The van der Waals surface area contributed by atoms with Crippen LogP contribution in [0, 0.1) is 0 Å². The van der Waals surface area contributed by atoms with E-state index in [2.05, 4.69) is 5.32 Å². The predicted octanol–water partition coefficient (Wildman–Crippen LogP) is 2.65. The molecule has 1 amide bonds. The third-order valence-corrected chi connectivity index (χ3v) is 4.25. The molecular formula is C19H25NO5. The highest BCUT2D eigenvalue weighted by Crippen LogP contribution is 2.17. The molecule has 1 fully saturated rings. The van der Waals surface area contributed by atoms with Gasteiger partial charge in [-0.2, -0.15) is 0 Å². The van der Waals surface area contributed by atoms with E-state index in [-0.39, 0.29) is 18.6 Å². The van der Waals surface area contributed by atoms with Crippen LogP contribution in [0.25, 0.3) is 0 Å². The number of rotatable bonds is 7. The molecule has 1 aromatic carbocycles. The number of ether oxygens (including phenoxy) is 2. The van der Waals surface area contributed by atoms with Crippen molar-refractivity contribution in [3.05, 3.63) is 29.8 Å². The lowest BCUT2D eigenvalue weighted by Crippen LogP contribution is -2.42. The Morgan fingerprint density at radius 2 is 1.80 bits per heavy atom. The Labute approximate surface area is 147 Å². The minimum Gasteiger partial charge on any atom is -0.482 e. The van der Waals surface area contributed by atoms with Crippen LogP contribution in [0.5, 0.6) is 5.75 Å². The summed E-state index contributed by atoms with van der Waals surface area (Å²) >= 11 is 0. The van der Waals surface area contributed by atoms with Gasteiger partial charge in [0.15, 0.2) is 12.7 Å². The zero-order valence-electron chi connectivity index (χ0n) is 14.5. The molecule has 136 valence electrons. The van der Waals surface area contributed by atoms with Crippen molar-refractivity contribution < 1.29 is 23.9 Å². The number of carbonyl (C=O) groups excluding carboxylic acids is 3. The van der Waals surface area contributed by atoms with E-state index in [1.54, 1.807) is 31.2 Å². The molecule has 1 aliphatic rings. The average Bonchev–Trinajstić information content (AvgIpc) is 2.89. The summed E-state index contributed by atoms with van der Waals surface area (Å²) < 4.78 is 10.4. The molecule has 0 radical (unpaired) electrons. The van der Waals surface area contributed by atoms with Crippen molar-refractivity contribution in [3.8, 4) is 5.75 Å². The molecule has 25 heavy (non-hydrogen) atoms. The fraction of sp³-hybridized carbons (Fsp3) is 0.526. The van der Waals surface area contributed by atoms with Crippen molar-refractivity contribution in [1.82, 2.24) is 5.32 Å². The van der Waals surface area contributed by atoms with E-state index >= 15 is 0 Å². The van der Waals surface area contributed by atoms with E-state index in [0.717, 1.165) is 32.0 Å². The largest absolute Gasteiger partial charge is 0.482 e. The second kappa shape index (κ2) is 9.81. The summed E-state index contributed by atoms with van der Waals surface area (Å²) in [5, 5.41) is 2.96. The SMILES string of the molecule is C[C@@H](OC(=O)COc1ccc(C=O)cc1)C(=O)NC1CCCCCC1. The third-order valence-electron chi connectivity index (χ3n) is 4.25. The van der Waals surface area contributed by atoms with Crippen LogP contribution in [0.3, 0.4) is 0 Å². The van der Waals surface area contributed by atoms with Gasteiger partial charge < -0.3 is 14.8 Å². The van der Waals surface area contributed by atoms with Gasteiger partial charge in [0.05, 0.1) is 0 Å². The van der Waals surface area contributed by atoms with E-state index in [0.29, 0.717) is 11.3 Å². The molecule has 0 aliphatic heterocycles. The molecule has 1 atom stereocenters. The first-order chi connectivity index (χ1) is 12.1. The van der Waals surface area contributed by atoms with Crippen LogP contribution in [0.15, 0.2) is 24.3 Å². The smallest absolute Gasteiger partial charge is 0.344 e. The zero-order chi connectivity index (χ0) is 18.1. The van der Waals surface area contributed by atoms with Gasteiger partial charge in [-0.3, -0.25) is 9.59 Å². The van der Waals surface area contributed by atoms with Crippen LogP contribution in [0.2, 0.25) is 0 Å². The Bertz CT molecular complexity index is 576. The molecule has 0 saturated heterocycles. The van der Waals surface area contributed by atoms with Crippen LogP contribution in [0.4, 0.5) is 0 Å². The number of hydrogen-bond donors (Lipinski definition) is 1. The molecule has 1 aliphatic carbocycles. The number of amides is 1. The second-order valence-electron chi connectivity index (χ2n) is 6.30. The van der Waals surface area contributed by atoms with Crippen molar-refractivity contribution >= 4 is 18.2 Å². The highest BCUT2D eigenvalue weighted by Gasteiger charge is 2.21. The van der Waals surface area contributed by atoms with Crippen molar-refractivity contribution in [1.29, 1.82) is 0 Å². The van der Waals surface area contributed by atoms with Gasteiger partial charge in [-0.05, 0) is 44.0 Å². The molecule has 0 unspecified atom stereocenters. The summed E-state index contributed by atoms with van der Waals surface area (Å²) in [6.07, 6.45) is 6.50. The van der Waals surface area contributed by atoms with E-state index < -0.39 is 12.1 Å². The first-order valence-corrected chi connectivity index (χ1v) is 8.76. The van der Waals surface area contributed by atoms with Gasteiger partial charge in [0.1, 0.15) is 12.0 Å². The second-order valence-corrected chi connectivity index (χ2v) is 6.30. The van der Waals surface area contributed by atoms with Crippen LogP contribution in [0.1, 0.15) is 55.8 Å². The normalized spacial score (nSPS) is 16.4. The third kappa shape index (κ3) is 6.57. The molecular weight excluding hydrogens is 322 g/mol. The molecule has 0 aromatic heterocycles. The first-order valence-electron chi connectivity index (χ1n) is 8.76. The molecule has 1 aromatic rings. The number of carbonyl (C=O) groups is 3. The van der Waals surface area contributed by atoms with Crippen molar-refractivity contribution in [2.24, 2.45) is 0 Å². The van der Waals surface area contributed by atoms with Gasteiger partial charge in [0.25, 0.3) is 5.91 Å². The van der Waals surface area contributed by atoms with E-state index in [1.807, 2.05) is 0 Å². The highest BCUT2D eigenvalue weighted by atomic mass is 16.6. The maximum atomic E-state index is 12.1. The van der Waals surface area contributed by atoms with Crippen molar-refractivity contribution in [3.63, 3.8) is 0 Å². The molecule has 6 nitrogen and oxygen atoms in total. The quantitative estimate of drug-likeness (QED) is 0.466. The molecule has 6 heteroatoms. The number of aldehydes is 1. The number of esters is 1. The molecule has 1 N–H and O–H groups in total. The van der Waals surface area contributed by atoms with Gasteiger partial charge in [-0.25, -0.2) is 4.79 Å². The van der Waals surface area contributed by atoms with Crippen molar-refractivity contribution in [2.45, 2.75) is 57.6 Å². The summed E-state index contributed by atoms with van der Waals surface area (Å²) in [4.78, 5) is 34.5. The number of benzene rings is 1. The summed E-state index contributed by atoms with van der Waals surface area (Å²) in [5.41, 5.74) is 0.527. The Morgan fingerprint density at radius 3 is 2.40 bits per heavy atom. The summed E-state index contributed by atoms with van der Waals surface area (Å²) in [7, 11) is 0. The Hall–Kier alpha value is -2.37. The van der Waals surface area contributed by atoms with Gasteiger partial charge in [0, 0.05) is 11.6 Å². The van der Waals surface area contributed by atoms with Crippen LogP contribution < -0.4 is 10.1 Å². The van der Waals surface area contributed by atoms with Crippen LogP contribution in [-0.2, 0) is 14.3 Å². The Kier molecular flexibility index (Phi) is 7.44. The Balaban J connectivity index is 1.72. The van der Waals surface area contributed by atoms with Gasteiger partial charge in [-0.15, -0.1) is 0 Å². The average molecular weight is 347 g/mol. The molecule has 0 bridgehead atoms.